The maximum atomic E-state index is 10.6. The molecule has 0 unspecified atom stereocenters. The largest absolute Gasteiger partial charge is 0.269 e. The molecule has 3 nitrogen and oxygen atoms in total. The molecular formula is C7H5N2O+. The smallest absolute Gasteiger partial charge is 0.0613 e. The van der Waals surface area contributed by atoms with Crippen LogP contribution < -0.4 is 10.6 Å². The molecule has 0 bridgehead atoms. The van der Waals surface area contributed by atoms with E-state index in [1.54, 1.807) is 0 Å². The lowest BCUT2D eigenvalue weighted by atomic mass is 10.3. The van der Waals surface area contributed by atoms with E-state index >= 15 is 0 Å². The summed E-state index contributed by atoms with van der Waals surface area (Å²) in [6.45, 7) is 0. The van der Waals surface area contributed by atoms with Crippen molar-refractivity contribution in [1.82, 2.24) is 0 Å². The van der Waals surface area contributed by atoms with Crippen molar-refractivity contribution in [3.05, 3.63) is 39.7 Å². The second-order valence-corrected chi connectivity index (χ2v) is 2.09. The zero-order valence-electron chi connectivity index (χ0n) is 5.19. The molecule has 2 rings (SSSR count). The highest BCUT2D eigenvalue weighted by atomic mass is 16.3. The van der Waals surface area contributed by atoms with Gasteiger partial charge < -0.3 is 0 Å². The first-order chi connectivity index (χ1) is 4.86. The number of nitroso groups, excluding NO2 is 1. The van der Waals surface area contributed by atoms with Gasteiger partial charge in [-0.3, -0.25) is 0 Å². The van der Waals surface area contributed by atoms with E-state index in [0.29, 0.717) is 4.87 Å². The molecule has 0 aromatic heterocycles. The van der Waals surface area contributed by atoms with Crippen molar-refractivity contribution in [2.45, 2.75) is 0 Å². The number of hydrogen-bond acceptors (Lipinski definition) is 1. The normalized spacial score (nSPS) is 13.8. The van der Waals surface area contributed by atoms with Gasteiger partial charge in [-0.1, -0.05) is 12.1 Å². The zero-order chi connectivity index (χ0) is 6.97. The van der Waals surface area contributed by atoms with Crippen LogP contribution >= 0.6 is 0 Å². The first kappa shape index (κ1) is 5.29. The average Bonchev–Trinajstić information content (AvgIpc) is 2.27. The molecule has 1 aromatic rings. The molecule has 0 amide bonds. The summed E-state index contributed by atoms with van der Waals surface area (Å²) in [6, 6.07) is 7.40. The van der Waals surface area contributed by atoms with Crippen molar-refractivity contribution >= 4 is 6.20 Å². The van der Waals surface area contributed by atoms with E-state index in [0.717, 1.165) is 10.6 Å². The Balaban J connectivity index is 2.96. The molecule has 0 radical (unpaired) electrons. The van der Waals surface area contributed by atoms with E-state index < -0.39 is 0 Å². The molecule has 0 fully saturated rings. The van der Waals surface area contributed by atoms with Crippen molar-refractivity contribution in [3.63, 3.8) is 0 Å². The van der Waals surface area contributed by atoms with Gasteiger partial charge in [-0.05, 0) is 12.1 Å². The Morgan fingerprint density at radius 2 is 2.10 bits per heavy atom. The van der Waals surface area contributed by atoms with E-state index in [-0.39, 0.29) is 0 Å². The Hall–Kier alpha value is -1.51. The van der Waals surface area contributed by atoms with E-state index in [2.05, 4.69) is 5.10 Å². The first-order valence-electron chi connectivity index (χ1n) is 2.98. The third kappa shape index (κ3) is 0.639. The van der Waals surface area contributed by atoms with Crippen LogP contribution in [0.5, 0.6) is 0 Å². The fourth-order valence-electron chi connectivity index (χ4n) is 0.942. The van der Waals surface area contributed by atoms with Crippen molar-refractivity contribution in [1.29, 1.82) is 0 Å². The molecule has 10 heavy (non-hydrogen) atoms. The van der Waals surface area contributed by atoms with Gasteiger partial charge in [0.05, 0.1) is 15.2 Å². The molecule has 1 heterocycles. The van der Waals surface area contributed by atoms with Crippen LogP contribution in [-0.2, 0) is 0 Å². The second kappa shape index (κ2) is 1.73. The van der Waals surface area contributed by atoms with Gasteiger partial charge in [0.25, 0.3) is 6.20 Å². The van der Waals surface area contributed by atoms with Crippen LogP contribution in [0.4, 0.5) is 0 Å². The highest BCUT2D eigenvalue weighted by Crippen LogP contribution is 1.81. The molecule has 0 spiro atoms. The summed E-state index contributed by atoms with van der Waals surface area (Å²) in [5.41, 5.74) is 0. The second-order valence-electron chi connectivity index (χ2n) is 2.09. The lowest BCUT2D eigenvalue weighted by molar-refractivity contribution is -0.449. The minimum atomic E-state index is 0.574. The molecule has 0 N–H and O–H groups in total. The number of hydrogen-bond donors (Lipinski definition) is 0. The van der Waals surface area contributed by atoms with Gasteiger partial charge in [0.2, 0.25) is 0 Å². The lowest BCUT2D eigenvalue weighted by Crippen LogP contribution is -2.19. The summed E-state index contributed by atoms with van der Waals surface area (Å²) >= 11 is 0. The quantitative estimate of drug-likeness (QED) is 0.449. The van der Waals surface area contributed by atoms with Crippen LogP contribution in [0.2, 0.25) is 0 Å². The minimum Gasteiger partial charge on any atom is -0.0613 e. The third-order valence-electron chi connectivity index (χ3n) is 1.39. The van der Waals surface area contributed by atoms with Gasteiger partial charge in [0.1, 0.15) is 5.36 Å². The predicted octanol–water partition coefficient (Wildman–Crippen LogP) is -0.248. The molecular weight excluding hydrogens is 128 g/mol. The zero-order valence-corrected chi connectivity index (χ0v) is 5.19. The van der Waals surface area contributed by atoms with Crippen LogP contribution in [0, 0.1) is 4.91 Å². The van der Waals surface area contributed by atoms with Gasteiger partial charge >= 0.3 is 0 Å². The van der Waals surface area contributed by atoms with Crippen LogP contribution in [0.25, 0.3) is 6.20 Å². The SMILES string of the molecule is O=[N+]1C=c2ccccc2=N1. The van der Waals surface area contributed by atoms with Crippen LogP contribution in [0.3, 0.4) is 0 Å². The molecule has 3 heteroatoms. The number of rotatable bonds is 0. The van der Waals surface area contributed by atoms with Gasteiger partial charge in [0.15, 0.2) is 4.87 Å². The predicted molar refractivity (Wildman–Crippen MR) is 35.3 cm³/mol. The van der Waals surface area contributed by atoms with E-state index in [1.165, 1.54) is 6.20 Å². The molecule has 0 atom stereocenters. The minimum absolute atomic E-state index is 0.574. The highest BCUT2D eigenvalue weighted by Gasteiger charge is 2.08. The molecule has 1 aromatic carbocycles. The summed E-state index contributed by atoms with van der Waals surface area (Å²) in [6.07, 6.45) is 1.45. The highest BCUT2D eigenvalue weighted by molar-refractivity contribution is 5.16. The van der Waals surface area contributed by atoms with Crippen molar-refractivity contribution < 1.29 is 4.87 Å². The summed E-state index contributed by atoms with van der Waals surface area (Å²) < 4.78 is 0. The van der Waals surface area contributed by atoms with Gasteiger partial charge in [-0.15, -0.1) is 0 Å². The number of fused-ring (bicyclic) bond motifs is 1. The molecule has 0 saturated carbocycles. The average molecular weight is 133 g/mol. The van der Waals surface area contributed by atoms with E-state index in [4.69, 9.17) is 0 Å². The third-order valence-corrected chi connectivity index (χ3v) is 1.39. The molecule has 0 saturated heterocycles. The Labute approximate surface area is 56.9 Å². The fraction of sp³-hybridized carbons (Fsp3) is 0. The van der Waals surface area contributed by atoms with Gasteiger partial charge in [0, 0.05) is 0 Å². The van der Waals surface area contributed by atoms with Crippen molar-refractivity contribution in [3.8, 4) is 0 Å². The topological polar surface area (TPSA) is 32.4 Å². The lowest BCUT2D eigenvalue weighted by Gasteiger charge is -1.72. The maximum absolute atomic E-state index is 10.6. The van der Waals surface area contributed by atoms with E-state index in [1.807, 2.05) is 24.3 Å². The Kier molecular flexibility index (Phi) is 0.917. The molecule has 1 aliphatic heterocycles. The van der Waals surface area contributed by atoms with Gasteiger partial charge in [-0.25, -0.2) is 0 Å². The molecule has 48 valence electrons. The van der Waals surface area contributed by atoms with Crippen LogP contribution in [0.15, 0.2) is 29.4 Å². The van der Waals surface area contributed by atoms with E-state index in [9.17, 15) is 4.91 Å². The Bertz CT molecular complexity index is 357. The summed E-state index contributed by atoms with van der Waals surface area (Å²) in [4.78, 5) is 11.2. The van der Waals surface area contributed by atoms with Crippen molar-refractivity contribution in [2.24, 2.45) is 5.10 Å². The summed E-state index contributed by atoms with van der Waals surface area (Å²) in [7, 11) is 0. The molecule has 0 aliphatic carbocycles. The van der Waals surface area contributed by atoms with Gasteiger partial charge in [-0.2, -0.15) is 0 Å². The number of nitrogens with zero attached hydrogens (tertiary/aromatic N) is 2. The van der Waals surface area contributed by atoms with Crippen molar-refractivity contribution in [2.75, 3.05) is 0 Å². The summed E-state index contributed by atoms with van der Waals surface area (Å²) in [5, 5.41) is 5.31. The standard InChI is InChI=1S/C7H5N2O/c10-9-5-6-3-1-2-4-7(6)8-9/h1-5H/q+1. The number of benzene rings is 1. The maximum Gasteiger partial charge on any atom is 0.269 e. The van der Waals surface area contributed by atoms with Crippen LogP contribution in [0.1, 0.15) is 0 Å². The summed E-state index contributed by atoms with van der Waals surface area (Å²) in [5.74, 6) is 0. The molecule has 1 aliphatic rings. The van der Waals surface area contributed by atoms with Crippen LogP contribution in [-0.4, -0.2) is 4.87 Å². The first-order valence-corrected chi connectivity index (χ1v) is 2.98. The Morgan fingerprint density at radius 1 is 1.30 bits per heavy atom. The monoisotopic (exact) mass is 133 g/mol. The Morgan fingerprint density at radius 3 is 2.90 bits per heavy atom. The fourth-order valence-corrected chi connectivity index (χ4v) is 0.942.